The number of nitrogens with zero attached hydrogens (tertiary/aromatic N) is 2. The average Bonchev–Trinajstić information content (AvgIpc) is 2.24. The number of aromatic nitrogens is 2. The topological polar surface area (TPSA) is 49.8 Å². The Bertz CT molecular complexity index is 405. The van der Waals surface area contributed by atoms with E-state index >= 15 is 0 Å². The Hall–Kier alpha value is -1.32. The van der Waals surface area contributed by atoms with Crippen molar-refractivity contribution in [1.29, 1.82) is 0 Å². The molecule has 1 aromatic heterocycles. The Balaban J connectivity index is 2.68. The summed E-state index contributed by atoms with van der Waals surface area (Å²) in [5.41, 5.74) is 0.426. The van der Waals surface area contributed by atoms with Crippen LogP contribution < -0.4 is 10.6 Å². The average molecular weight is 264 g/mol. The standard InChI is InChI=1S/C15H28N4/c1-11(2)19-13-8-12(17-10-18-13)16-9-15(6,7)14(3,4)5/h8,10-11H,9H2,1-7H3,(H2,16,17,18,19). The summed E-state index contributed by atoms with van der Waals surface area (Å²) in [6.07, 6.45) is 1.59. The van der Waals surface area contributed by atoms with Crippen molar-refractivity contribution in [2.75, 3.05) is 17.2 Å². The van der Waals surface area contributed by atoms with Gasteiger partial charge in [-0.15, -0.1) is 0 Å². The van der Waals surface area contributed by atoms with Crippen LogP contribution >= 0.6 is 0 Å². The lowest BCUT2D eigenvalue weighted by molar-refractivity contribution is 0.148. The predicted molar refractivity (Wildman–Crippen MR) is 82.5 cm³/mol. The highest BCUT2D eigenvalue weighted by Gasteiger charge is 2.32. The highest BCUT2D eigenvalue weighted by molar-refractivity contribution is 5.46. The van der Waals surface area contributed by atoms with Gasteiger partial charge in [-0.1, -0.05) is 34.6 Å². The van der Waals surface area contributed by atoms with E-state index in [4.69, 9.17) is 0 Å². The van der Waals surface area contributed by atoms with Crippen LogP contribution in [0.1, 0.15) is 48.5 Å². The summed E-state index contributed by atoms with van der Waals surface area (Å²) in [5.74, 6) is 1.73. The molecule has 4 heteroatoms. The lowest BCUT2D eigenvalue weighted by Crippen LogP contribution is -2.36. The van der Waals surface area contributed by atoms with Gasteiger partial charge < -0.3 is 10.6 Å². The van der Waals surface area contributed by atoms with Gasteiger partial charge in [0.25, 0.3) is 0 Å². The Kier molecular flexibility index (Phi) is 4.77. The van der Waals surface area contributed by atoms with Crippen LogP contribution in [0.25, 0.3) is 0 Å². The molecule has 0 aromatic carbocycles. The van der Waals surface area contributed by atoms with Crippen molar-refractivity contribution < 1.29 is 0 Å². The van der Waals surface area contributed by atoms with Gasteiger partial charge in [-0.25, -0.2) is 9.97 Å². The summed E-state index contributed by atoms with van der Waals surface area (Å²) in [5, 5.41) is 6.70. The number of rotatable bonds is 5. The minimum atomic E-state index is 0.184. The fourth-order valence-electron chi connectivity index (χ4n) is 1.41. The first-order valence-corrected chi connectivity index (χ1v) is 6.94. The third-order valence-corrected chi connectivity index (χ3v) is 3.85. The Morgan fingerprint density at radius 2 is 1.63 bits per heavy atom. The van der Waals surface area contributed by atoms with Gasteiger partial charge in [-0.05, 0) is 24.7 Å². The second-order valence-corrected chi connectivity index (χ2v) is 7.07. The zero-order valence-electron chi connectivity index (χ0n) is 13.3. The molecule has 1 heterocycles. The number of hydrogen-bond donors (Lipinski definition) is 2. The minimum Gasteiger partial charge on any atom is -0.369 e. The molecule has 0 aliphatic heterocycles. The lowest BCUT2D eigenvalue weighted by Gasteiger charge is -2.39. The highest BCUT2D eigenvalue weighted by atomic mass is 15.1. The third kappa shape index (κ3) is 4.69. The molecule has 0 atom stereocenters. The first-order valence-electron chi connectivity index (χ1n) is 6.94. The molecule has 1 rings (SSSR count). The molecule has 1 aromatic rings. The Labute approximate surface area is 117 Å². The zero-order valence-corrected chi connectivity index (χ0v) is 13.3. The summed E-state index contributed by atoms with van der Waals surface area (Å²) < 4.78 is 0. The van der Waals surface area contributed by atoms with Gasteiger partial charge in [0.2, 0.25) is 0 Å². The van der Waals surface area contributed by atoms with Crippen LogP contribution in [0.15, 0.2) is 12.4 Å². The highest BCUT2D eigenvalue weighted by Crippen LogP contribution is 2.37. The van der Waals surface area contributed by atoms with Gasteiger partial charge in [-0.3, -0.25) is 0 Å². The fraction of sp³-hybridized carbons (Fsp3) is 0.733. The number of hydrogen-bond acceptors (Lipinski definition) is 4. The van der Waals surface area contributed by atoms with E-state index in [0.29, 0.717) is 6.04 Å². The quantitative estimate of drug-likeness (QED) is 0.849. The summed E-state index contributed by atoms with van der Waals surface area (Å²) in [4.78, 5) is 8.48. The molecule has 0 saturated heterocycles. The van der Waals surface area contributed by atoms with Crippen LogP contribution in [-0.2, 0) is 0 Å². The van der Waals surface area contributed by atoms with Crippen molar-refractivity contribution >= 4 is 11.6 Å². The minimum absolute atomic E-state index is 0.184. The number of nitrogens with one attached hydrogen (secondary N) is 2. The molecule has 0 aliphatic rings. The van der Waals surface area contributed by atoms with E-state index in [9.17, 15) is 0 Å². The van der Waals surface area contributed by atoms with E-state index in [1.165, 1.54) is 0 Å². The van der Waals surface area contributed by atoms with E-state index in [2.05, 4.69) is 69.1 Å². The van der Waals surface area contributed by atoms with Gasteiger partial charge in [0.15, 0.2) is 0 Å². The van der Waals surface area contributed by atoms with Gasteiger partial charge in [0, 0.05) is 18.7 Å². The molecule has 0 aliphatic carbocycles. The van der Waals surface area contributed by atoms with E-state index in [-0.39, 0.29) is 10.8 Å². The molecule has 2 N–H and O–H groups in total. The fourth-order valence-corrected chi connectivity index (χ4v) is 1.41. The van der Waals surface area contributed by atoms with Gasteiger partial charge in [0.05, 0.1) is 0 Å². The van der Waals surface area contributed by atoms with Gasteiger partial charge in [0.1, 0.15) is 18.0 Å². The molecule has 4 nitrogen and oxygen atoms in total. The molecule has 108 valence electrons. The summed E-state index contributed by atoms with van der Waals surface area (Å²) >= 11 is 0. The summed E-state index contributed by atoms with van der Waals surface area (Å²) in [6, 6.07) is 2.33. The normalized spacial score (nSPS) is 12.6. The van der Waals surface area contributed by atoms with Crippen LogP contribution in [0.3, 0.4) is 0 Å². The molecule has 0 amide bonds. The zero-order chi connectivity index (χ0) is 14.7. The van der Waals surface area contributed by atoms with E-state index in [0.717, 1.165) is 18.2 Å². The van der Waals surface area contributed by atoms with Crippen molar-refractivity contribution in [2.24, 2.45) is 10.8 Å². The van der Waals surface area contributed by atoms with Gasteiger partial charge >= 0.3 is 0 Å². The van der Waals surface area contributed by atoms with Crippen molar-refractivity contribution in [3.05, 3.63) is 12.4 Å². The molecule has 0 radical (unpaired) electrons. The molecular formula is C15H28N4. The Morgan fingerprint density at radius 3 is 2.16 bits per heavy atom. The van der Waals surface area contributed by atoms with Crippen molar-refractivity contribution in [1.82, 2.24) is 9.97 Å². The van der Waals surface area contributed by atoms with Crippen LogP contribution in [0, 0.1) is 10.8 Å². The van der Waals surface area contributed by atoms with Crippen LogP contribution in [0.2, 0.25) is 0 Å². The first kappa shape index (κ1) is 15.7. The smallest absolute Gasteiger partial charge is 0.131 e. The lowest BCUT2D eigenvalue weighted by atomic mass is 9.69. The van der Waals surface area contributed by atoms with Crippen LogP contribution in [-0.4, -0.2) is 22.6 Å². The van der Waals surface area contributed by atoms with Crippen molar-refractivity contribution in [3.8, 4) is 0 Å². The second-order valence-electron chi connectivity index (χ2n) is 7.07. The molecule has 0 spiro atoms. The number of anilines is 2. The van der Waals surface area contributed by atoms with Crippen molar-refractivity contribution in [2.45, 2.75) is 54.5 Å². The molecule has 0 unspecified atom stereocenters. The second kappa shape index (κ2) is 5.76. The van der Waals surface area contributed by atoms with Gasteiger partial charge in [-0.2, -0.15) is 0 Å². The Morgan fingerprint density at radius 1 is 1.05 bits per heavy atom. The predicted octanol–water partition coefficient (Wildman–Crippen LogP) is 3.78. The van der Waals surface area contributed by atoms with Crippen molar-refractivity contribution in [3.63, 3.8) is 0 Å². The maximum Gasteiger partial charge on any atom is 0.131 e. The van der Waals surface area contributed by atoms with Crippen LogP contribution in [0.4, 0.5) is 11.6 Å². The largest absolute Gasteiger partial charge is 0.369 e. The monoisotopic (exact) mass is 264 g/mol. The SMILES string of the molecule is CC(C)Nc1cc(NCC(C)(C)C(C)(C)C)ncn1. The molecule has 0 bridgehead atoms. The summed E-state index contributed by atoms with van der Waals surface area (Å²) in [7, 11) is 0. The molecular weight excluding hydrogens is 236 g/mol. The molecule has 19 heavy (non-hydrogen) atoms. The van der Waals surface area contributed by atoms with E-state index in [1.54, 1.807) is 6.33 Å². The first-order chi connectivity index (χ1) is 8.62. The van der Waals surface area contributed by atoms with E-state index in [1.807, 2.05) is 6.07 Å². The van der Waals surface area contributed by atoms with Crippen LogP contribution in [0.5, 0.6) is 0 Å². The summed E-state index contributed by atoms with van der Waals surface area (Å²) in [6.45, 7) is 16.4. The molecule has 0 fully saturated rings. The third-order valence-electron chi connectivity index (χ3n) is 3.85. The van der Waals surface area contributed by atoms with E-state index < -0.39 is 0 Å². The maximum absolute atomic E-state index is 4.27. The molecule has 0 saturated carbocycles. The maximum atomic E-state index is 4.27.